The molecule has 1 atom stereocenters. The SMILES string of the molecule is COc1ccc(NC(=O)c2cccnc2N2CCNC(c3ccccc3)C2)cc1. The van der Waals surface area contributed by atoms with Crippen molar-refractivity contribution in [2.45, 2.75) is 6.04 Å². The van der Waals surface area contributed by atoms with Gasteiger partial charge in [0.15, 0.2) is 0 Å². The van der Waals surface area contributed by atoms with E-state index in [2.05, 4.69) is 32.7 Å². The Morgan fingerprint density at radius 3 is 2.66 bits per heavy atom. The Balaban J connectivity index is 1.53. The molecule has 0 bridgehead atoms. The highest BCUT2D eigenvalue weighted by molar-refractivity contribution is 6.07. The van der Waals surface area contributed by atoms with E-state index in [1.54, 1.807) is 19.4 Å². The number of pyridine rings is 1. The smallest absolute Gasteiger partial charge is 0.259 e. The minimum atomic E-state index is -0.173. The maximum atomic E-state index is 13.0. The van der Waals surface area contributed by atoms with Crippen LogP contribution in [0, 0.1) is 0 Å². The monoisotopic (exact) mass is 388 g/mol. The normalized spacial score (nSPS) is 16.3. The maximum Gasteiger partial charge on any atom is 0.259 e. The lowest BCUT2D eigenvalue weighted by Gasteiger charge is -2.35. The van der Waals surface area contributed by atoms with Gasteiger partial charge in [-0.1, -0.05) is 30.3 Å². The molecule has 1 fully saturated rings. The van der Waals surface area contributed by atoms with Crippen LogP contribution < -0.4 is 20.3 Å². The molecule has 6 heteroatoms. The average Bonchev–Trinajstić information content (AvgIpc) is 2.80. The van der Waals surface area contributed by atoms with Gasteiger partial charge in [-0.3, -0.25) is 4.79 Å². The zero-order valence-corrected chi connectivity index (χ0v) is 16.3. The number of benzene rings is 2. The number of methoxy groups -OCH3 is 1. The molecule has 1 aliphatic rings. The first kappa shape index (κ1) is 19.0. The summed E-state index contributed by atoms with van der Waals surface area (Å²) in [7, 11) is 1.62. The van der Waals surface area contributed by atoms with Crippen LogP contribution in [0.1, 0.15) is 22.0 Å². The van der Waals surface area contributed by atoms with Crippen LogP contribution in [0.25, 0.3) is 0 Å². The summed E-state index contributed by atoms with van der Waals surface area (Å²) in [4.78, 5) is 19.7. The number of rotatable bonds is 5. The third-order valence-corrected chi connectivity index (χ3v) is 5.06. The lowest BCUT2D eigenvalue weighted by Crippen LogP contribution is -2.46. The molecule has 1 aromatic heterocycles. The number of anilines is 2. The summed E-state index contributed by atoms with van der Waals surface area (Å²) in [6.07, 6.45) is 1.74. The molecule has 148 valence electrons. The van der Waals surface area contributed by atoms with Crippen molar-refractivity contribution in [2.75, 3.05) is 37.0 Å². The number of amides is 1. The predicted octanol–water partition coefficient (Wildman–Crippen LogP) is 3.49. The molecular weight excluding hydrogens is 364 g/mol. The molecule has 2 N–H and O–H groups in total. The molecule has 0 aliphatic carbocycles. The van der Waals surface area contributed by atoms with Crippen LogP contribution in [-0.2, 0) is 0 Å². The number of carbonyl (C=O) groups excluding carboxylic acids is 1. The largest absolute Gasteiger partial charge is 0.497 e. The second-order valence-corrected chi connectivity index (χ2v) is 6.92. The van der Waals surface area contributed by atoms with Crippen molar-refractivity contribution in [3.63, 3.8) is 0 Å². The first-order valence-corrected chi connectivity index (χ1v) is 9.68. The number of hydrogen-bond donors (Lipinski definition) is 2. The topological polar surface area (TPSA) is 66.5 Å². The van der Waals surface area contributed by atoms with Gasteiger partial charge in [-0.2, -0.15) is 0 Å². The molecule has 3 aromatic rings. The fourth-order valence-corrected chi connectivity index (χ4v) is 3.55. The summed E-state index contributed by atoms with van der Waals surface area (Å²) in [6.45, 7) is 2.38. The van der Waals surface area contributed by atoms with Crippen LogP contribution in [0.5, 0.6) is 5.75 Å². The first-order chi connectivity index (χ1) is 14.2. The zero-order chi connectivity index (χ0) is 20.1. The van der Waals surface area contributed by atoms with E-state index in [1.807, 2.05) is 48.5 Å². The second kappa shape index (κ2) is 8.75. The Hall–Kier alpha value is -3.38. The minimum absolute atomic E-state index is 0.173. The molecule has 1 saturated heterocycles. The van der Waals surface area contributed by atoms with Gasteiger partial charge in [0.2, 0.25) is 0 Å². The van der Waals surface area contributed by atoms with Crippen LogP contribution in [0.2, 0.25) is 0 Å². The number of nitrogens with one attached hydrogen (secondary N) is 2. The van der Waals surface area contributed by atoms with Crippen molar-refractivity contribution in [3.05, 3.63) is 84.1 Å². The molecule has 1 amide bonds. The number of hydrogen-bond acceptors (Lipinski definition) is 5. The lowest BCUT2D eigenvalue weighted by atomic mass is 10.0. The Morgan fingerprint density at radius 2 is 1.90 bits per heavy atom. The van der Waals surface area contributed by atoms with E-state index >= 15 is 0 Å². The van der Waals surface area contributed by atoms with Crippen molar-refractivity contribution < 1.29 is 9.53 Å². The van der Waals surface area contributed by atoms with Gasteiger partial charge in [0, 0.05) is 37.6 Å². The standard InChI is InChI=1S/C23H24N4O2/c1-29-19-11-9-18(10-12-19)26-23(28)20-8-5-13-25-22(20)27-15-14-24-21(16-27)17-6-3-2-4-7-17/h2-13,21,24H,14-16H2,1H3,(H,26,28). The van der Waals surface area contributed by atoms with Crippen LogP contribution >= 0.6 is 0 Å². The number of aromatic nitrogens is 1. The summed E-state index contributed by atoms with van der Waals surface area (Å²) in [5, 5.41) is 6.51. The lowest BCUT2D eigenvalue weighted by molar-refractivity contribution is 0.102. The van der Waals surface area contributed by atoms with Gasteiger partial charge < -0.3 is 20.3 Å². The highest BCUT2D eigenvalue weighted by Crippen LogP contribution is 2.25. The summed E-state index contributed by atoms with van der Waals surface area (Å²) in [6, 6.07) is 21.5. The molecule has 6 nitrogen and oxygen atoms in total. The number of nitrogens with zero attached hydrogens (tertiary/aromatic N) is 2. The summed E-state index contributed by atoms with van der Waals surface area (Å²) >= 11 is 0. The van der Waals surface area contributed by atoms with E-state index < -0.39 is 0 Å². The summed E-state index contributed by atoms with van der Waals surface area (Å²) in [5.41, 5.74) is 2.52. The molecule has 4 rings (SSSR count). The van der Waals surface area contributed by atoms with Gasteiger partial charge in [0.25, 0.3) is 5.91 Å². The van der Waals surface area contributed by atoms with E-state index in [9.17, 15) is 4.79 Å². The number of ether oxygens (including phenoxy) is 1. The predicted molar refractivity (Wildman–Crippen MR) is 115 cm³/mol. The Bertz CT molecular complexity index is 960. The first-order valence-electron chi connectivity index (χ1n) is 9.68. The highest BCUT2D eigenvalue weighted by Gasteiger charge is 2.25. The van der Waals surface area contributed by atoms with Crippen molar-refractivity contribution >= 4 is 17.4 Å². The van der Waals surface area contributed by atoms with E-state index in [1.165, 1.54) is 5.56 Å². The average molecular weight is 388 g/mol. The quantitative estimate of drug-likeness (QED) is 0.700. The number of carbonyl (C=O) groups is 1. The zero-order valence-electron chi connectivity index (χ0n) is 16.3. The van der Waals surface area contributed by atoms with Crippen LogP contribution in [0.3, 0.4) is 0 Å². The van der Waals surface area contributed by atoms with Gasteiger partial charge in [-0.05, 0) is 42.0 Å². The molecule has 0 radical (unpaired) electrons. The molecular formula is C23H24N4O2. The minimum Gasteiger partial charge on any atom is -0.497 e. The molecule has 0 saturated carbocycles. The summed E-state index contributed by atoms with van der Waals surface area (Å²) in [5.74, 6) is 1.28. The van der Waals surface area contributed by atoms with Gasteiger partial charge >= 0.3 is 0 Å². The summed E-state index contributed by atoms with van der Waals surface area (Å²) < 4.78 is 5.17. The molecule has 0 spiro atoms. The fourth-order valence-electron chi connectivity index (χ4n) is 3.55. The third-order valence-electron chi connectivity index (χ3n) is 5.06. The second-order valence-electron chi connectivity index (χ2n) is 6.92. The maximum absolute atomic E-state index is 13.0. The van der Waals surface area contributed by atoms with E-state index in [4.69, 9.17) is 4.74 Å². The van der Waals surface area contributed by atoms with E-state index in [0.717, 1.165) is 25.4 Å². The molecule has 1 aliphatic heterocycles. The molecule has 2 aromatic carbocycles. The van der Waals surface area contributed by atoms with Gasteiger partial charge in [0.1, 0.15) is 11.6 Å². The van der Waals surface area contributed by atoms with Crippen LogP contribution in [0.15, 0.2) is 72.9 Å². The Morgan fingerprint density at radius 1 is 1.10 bits per heavy atom. The van der Waals surface area contributed by atoms with Crippen molar-refractivity contribution in [1.29, 1.82) is 0 Å². The van der Waals surface area contributed by atoms with Crippen molar-refractivity contribution in [3.8, 4) is 5.75 Å². The molecule has 29 heavy (non-hydrogen) atoms. The van der Waals surface area contributed by atoms with Crippen molar-refractivity contribution in [2.24, 2.45) is 0 Å². The van der Waals surface area contributed by atoms with Crippen LogP contribution in [0.4, 0.5) is 11.5 Å². The third kappa shape index (κ3) is 4.38. The van der Waals surface area contributed by atoms with E-state index in [0.29, 0.717) is 17.1 Å². The molecule has 1 unspecified atom stereocenters. The Kier molecular flexibility index (Phi) is 5.72. The van der Waals surface area contributed by atoms with Gasteiger partial charge in [-0.15, -0.1) is 0 Å². The van der Waals surface area contributed by atoms with Gasteiger partial charge in [-0.25, -0.2) is 4.98 Å². The highest BCUT2D eigenvalue weighted by atomic mass is 16.5. The molecule has 2 heterocycles. The Labute approximate surface area is 170 Å². The van der Waals surface area contributed by atoms with E-state index in [-0.39, 0.29) is 11.9 Å². The number of piperazine rings is 1. The van der Waals surface area contributed by atoms with Crippen LogP contribution in [-0.4, -0.2) is 37.6 Å². The van der Waals surface area contributed by atoms with Crippen molar-refractivity contribution in [1.82, 2.24) is 10.3 Å². The fraction of sp³-hybridized carbons (Fsp3) is 0.217. The van der Waals surface area contributed by atoms with Gasteiger partial charge in [0.05, 0.1) is 12.7 Å².